The van der Waals surface area contributed by atoms with Crippen LogP contribution in [0.25, 0.3) is 11.0 Å². The maximum absolute atomic E-state index is 13.0. The summed E-state index contributed by atoms with van der Waals surface area (Å²) in [5.74, 6) is 0.740. The zero-order chi connectivity index (χ0) is 19.5. The molecule has 0 aliphatic heterocycles. The van der Waals surface area contributed by atoms with E-state index in [0.717, 1.165) is 16.9 Å². The second-order valence-electron chi connectivity index (χ2n) is 6.53. The van der Waals surface area contributed by atoms with E-state index < -0.39 is 0 Å². The molecule has 28 heavy (non-hydrogen) atoms. The third-order valence-electron chi connectivity index (χ3n) is 4.57. The van der Waals surface area contributed by atoms with Crippen LogP contribution in [0.2, 0.25) is 0 Å². The molecular formula is C22H19N3O3. The third-order valence-corrected chi connectivity index (χ3v) is 4.57. The number of fused-ring (bicyclic) bond motifs is 1. The summed E-state index contributed by atoms with van der Waals surface area (Å²) in [5.41, 5.74) is 1.27. The summed E-state index contributed by atoms with van der Waals surface area (Å²) < 4.78 is 8.38. The fourth-order valence-corrected chi connectivity index (χ4v) is 3.10. The van der Waals surface area contributed by atoms with Gasteiger partial charge in [-0.25, -0.2) is 9.78 Å². The molecule has 6 heteroatoms. The molecule has 140 valence electrons. The van der Waals surface area contributed by atoms with Gasteiger partial charge in [-0.1, -0.05) is 48.5 Å². The average Bonchev–Trinajstić information content (AvgIpc) is 2.75. The van der Waals surface area contributed by atoms with Gasteiger partial charge < -0.3 is 4.74 Å². The minimum Gasteiger partial charge on any atom is -0.489 e. The Hall–Kier alpha value is -3.67. The number of aryl methyl sites for hydroxylation is 1. The van der Waals surface area contributed by atoms with E-state index in [4.69, 9.17) is 4.74 Å². The second-order valence-corrected chi connectivity index (χ2v) is 6.53. The summed E-state index contributed by atoms with van der Waals surface area (Å²) in [5, 5.41) is 0.396. The summed E-state index contributed by atoms with van der Waals surface area (Å²) in [6.07, 6.45) is 1.63. The van der Waals surface area contributed by atoms with E-state index in [1.807, 2.05) is 60.7 Å². The highest BCUT2D eigenvalue weighted by molar-refractivity contribution is 5.74. The molecule has 0 aliphatic rings. The summed E-state index contributed by atoms with van der Waals surface area (Å²) in [7, 11) is 1.62. The van der Waals surface area contributed by atoms with Gasteiger partial charge in [0, 0.05) is 18.8 Å². The van der Waals surface area contributed by atoms with Gasteiger partial charge in [-0.05, 0) is 23.8 Å². The number of hydrogen-bond acceptors (Lipinski definition) is 4. The maximum Gasteiger partial charge on any atom is 0.332 e. The van der Waals surface area contributed by atoms with E-state index in [9.17, 15) is 9.59 Å². The molecule has 0 spiro atoms. The van der Waals surface area contributed by atoms with Gasteiger partial charge in [0.15, 0.2) is 0 Å². The van der Waals surface area contributed by atoms with Crippen LogP contribution in [0, 0.1) is 0 Å². The molecule has 0 radical (unpaired) electrons. The van der Waals surface area contributed by atoms with Gasteiger partial charge in [0.2, 0.25) is 0 Å². The maximum atomic E-state index is 13.0. The van der Waals surface area contributed by atoms with Crippen LogP contribution < -0.4 is 16.0 Å². The van der Waals surface area contributed by atoms with E-state index >= 15 is 0 Å². The minimum atomic E-state index is -0.387. The van der Waals surface area contributed by atoms with Crippen LogP contribution in [-0.4, -0.2) is 14.1 Å². The summed E-state index contributed by atoms with van der Waals surface area (Å²) in [4.78, 5) is 30.0. The molecule has 0 saturated heterocycles. The summed E-state index contributed by atoms with van der Waals surface area (Å²) in [6.45, 7) is 0.501. The first-order valence-corrected chi connectivity index (χ1v) is 8.94. The SMILES string of the molecule is Cn1c(=O)n(Cc2ccccc2)c(=O)c2cc(COc3ccccc3)cnc21. The molecule has 6 nitrogen and oxygen atoms in total. The topological polar surface area (TPSA) is 66.1 Å². The van der Waals surface area contributed by atoms with Crippen molar-refractivity contribution >= 4 is 11.0 Å². The molecule has 0 saturated carbocycles. The molecule has 0 amide bonds. The normalized spacial score (nSPS) is 10.9. The number of pyridine rings is 1. The third kappa shape index (κ3) is 3.44. The first-order chi connectivity index (χ1) is 13.6. The summed E-state index contributed by atoms with van der Waals surface area (Å²) >= 11 is 0. The first kappa shape index (κ1) is 17.7. The van der Waals surface area contributed by atoms with Crippen molar-refractivity contribution in [2.24, 2.45) is 7.05 Å². The van der Waals surface area contributed by atoms with Crippen LogP contribution in [0.1, 0.15) is 11.1 Å². The van der Waals surface area contributed by atoms with Gasteiger partial charge >= 0.3 is 5.69 Å². The number of rotatable bonds is 5. The quantitative estimate of drug-likeness (QED) is 0.540. The highest BCUT2D eigenvalue weighted by atomic mass is 16.5. The Labute approximate surface area is 161 Å². The van der Waals surface area contributed by atoms with E-state index in [1.54, 1.807) is 19.3 Å². The largest absolute Gasteiger partial charge is 0.489 e. The number of ether oxygens (including phenoxy) is 1. The van der Waals surface area contributed by atoms with Crippen LogP contribution in [0.3, 0.4) is 0 Å². The molecule has 2 aromatic carbocycles. The monoisotopic (exact) mass is 373 g/mol. The fraction of sp³-hybridized carbons (Fsp3) is 0.136. The van der Waals surface area contributed by atoms with Crippen LogP contribution in [-0.2, 0) is 20.2 Å². The molecule has 0 N–H and O–H groups in total. The Kier molecular flexibility index (Phi) is 4.76. The minimum absolute atomic E-state index is 0.215. The molecule has 0 aliphatic carbocycles. The zero-order valence-corrected chi connectivity index (χ0v) is 15.4. The molecule has 0 atom stereocenters. The predicted molar refractivity (Wildman–Crippen MR) is 108 cm³/mol. The number of benzene rings is 2. The van der Waals surface area contributed by atoms with Crippen LogP contribution in [0.5, 0.6) is 5.75 Å². The van der Waals surface area contributed by atoms with Gasteiger partial charge in [-0.15, -0.1) is 0 Å². The number of hydrogen-bond donors (Lipinski definition) is 0. The van der Waals surface area contributed by atoms with Crippen molar-refractivity contribution in [1.82, 2.24) is 14.1 Å². The van der Waals surface area contributed by atoms with Gasteiger partial charge in [-0.3, -0.25) is 13.9 Å². The smallest absolute Gasteiger partial charge is 0.332 e. The lowest BCUT2D eigenvalue weighted by molar-refractivity contribution is 0.306. The first-order valence-electron chi connectivity index (χ1n) is 8.94. The molecule has 2 aromatic heterocycles. The van der Waals surface area contributed by atoms with E-state index in [0.29, 0.717) is 11.0 Å². The van der Waals surface area contributed by atoms with E-state index in [2.05, 4.69) is 4.98 Å². The molecule has 0 fully saturated rings. The molecule has 0 unspecified atom stereocenters. The molecule has 4 rings (SSSR count). The molecule has 4 aromatic rings. The van der Waals surface area contributed by atoms with Crippen molar-refractivity contribution in [2.45, 2.75) is 13.2 Å². The highest BCUT2D eigenvalue weighted by Crippen LogP contribution is 2.13. The fourth-order valence-electron chi connectivity index (χ4n) is 3.10. The number of para-hydroxylation sites is 1. The van der Waals surface area contributed by atoms with Crippen molar-refractivity contribution in [3.8, 4) is 5.75 Å². The Morgan fingerprint density at radius 3 is 2.32 bits per heavy atom. The lowest BCUT2D eigenvalue weighted by atomic mass is 10.2. The molecule has 2 heterocycles. The zero-order valence-electron chi connectivity index (χ0n) is 15.4. The van der Waals surface area contributed by atoms with Gasteiger partial charge in [0.25, 0.3) is 5.56 Å². The van der Waals surface area contributed by atoms with Gasteiger partial charge in [-0.2, -0.15) is 0 Å². The Morgan fingerprint density at radius 1 is 0.929 bits per heavy atom. The number of aromatic nitrogens is 3. The van der Waals surface area contributed by atoms with Crippen molar-refractivity contribution in [3.63, 3.8) is 0 Å². The Balaban J connectivity index is 1.73. The predicted octanol–water partition coefficient (Wildman–Crippen LogP) is 2.72. The Morgan fingerprint density at radius 2 is 1.61 bits per heavy atom. The highest BCUT2D eigenvalue weighted by Gasteiger charge is 2.13. The van der Waals surface area contributed by atoms with Gasteiger partial charge in [0.05, 0.1) is 11.9 Å². The average molecular weight is 373 g/mol. The lowest BCUT2D eigenvalue weighted by Gasteiger charge is -2.11. The van der Waals surface area contributed by atoms with Crippen LogP contribution >= 0.6 is 0 Å². The standard InChI is InChI=1S/C22H19N3O3/c1-24-20-19(12-17(13-23-20)15-28-18-10-6-3-7-11-18)21(26)25(22(24)27)14-16-8-4-2-5-9-16/h2-13H,14-15H2,1H3. The van der Waals surface area contributed by atoms with E-state index in [-0.39, 0.29) is 24.4 Å². The van der Waals surface area contributed by atoms with Crippen LogP contribution in [0.4, 0.5) is 0 Å². The second kappa shape index (κ2) is 7.52. The number of nitrogens with zero attached hydrogens (tertiary/aromatic N) is 3. The lowest BCUT2D eigenvalue weighted by Crippen LogP contribution is -2.39. The summed E-state index contributed by atoms with van der Waals surface area (Å²) in [6, 6.07) is 20.6. The van der Waals surface area contributed by atoms with Crippen LogP contribution in [0.15, 0.2) is 82.5 Å². The van der Waals surface area contributed by atoms with Crippen molar-refractivity contribution in [2.75, 3.05) is 0 Å². The van der Waals surface area contributed by atoms with Crippen molar-refractivity contribution < 1.29 is 4.74 Å². The Bertz CT molecular complexity index is 1230. The van der Waals surface area contributed by atoms with E-state index in [1.165, 1.54) is 9.13 Å². The van der Waals surface area contributed by atoms with Gasteiger partial charge in [0.1, 0.15) is 18.0 Å². The van der Waals surface area contributed by atoms with Crippen molar-refractivity contribution in [3.05, 3.63) is 105 Å². The molecule has 0 bridgehead atoms. The van der Waals surface area contributed by atoms with Crippen molar-refractivity contribution in [1.29, 1.82) is 0 Å². The molecular weight excluding hydrogens is 354 g/mol.